The fourth-order valence-corrected chi connectivity index (χ4v) is 4.03. The minimum Gasteiger partial charge on any atom is -0.497 e. The predicted octanol–water partition coefficient (Wildman–Crippen LogP) is 4.83. The van der Waals surface area contributed by atoms with E-state index in [0.717, 1.165) is 60.6 Å². The van der Waals surface area contributed by atoms with E-state index in [1.165, 1.54) is 0 Å². The second kappa shape index (κ2) is 14.6. The van der Waals surface area contributed by atoms with Gasteiger partial charge in [0.1, 0.15) is 11.5 Å². The molecule has 1 aliphatic rings. The first-order valence-corrected chi connectivity index (χ1v) is 12.7. The van der Waals surface area contributed by atoms with Gasteiger partial charge in [-0.05, 0) is 54.1 Å². The Balaban J connectivity index is 0.000000616. The summed E-state index contributed by atoms with van der Waals surface area (Å²) in [5, 5.41) is 19.7. The molecule has 224 valence electrons. The smallest absolute Gasteiger partial charge is 0.490 e. The van der Waals surface area contributed by atoms with E-state index in [9.17, 15) is 23.1 Å². The molecular formula is C29H31F3N4O6. The molecule has 13 heteroatoms. The van der Waals surface area contributed by atoms with Gasteiger partial charge in [0.15, 0.2) is 5.96 Å². The number of carboxylic acid groups (broad SMARTS) is 2. The van der Waals surface area contributed by atoms with Crippen LogP contribution in [0.5, 0.6) is 11.5 Å². The SMILES string of the molecule is COc1cccc(CN=C(Nc2ccc(C(=O)O)cc2)N2CCN(c3ccccc3OC)CC2)c1.O=C(O)C(F)(F)F. The van der Waals surface area contributed by atoms with E-state index in [1.807, 2.05) is 42.5 Å². The highest BCUT2D eigenvalue weighted by Crippen LogP contribution is 2.28. The molecule has 3 aromatic carbocycles. The molecule has 0 bridgehead atoms. The minimum absolute atomic E-state index is 0.246. The van der Waals surface area contributed by atoms with Crippen LogP contribution in [-0.4, -0.2) is 79.6 Å². The number of carbonyl (C=O) groups is 2. The minimum atomic E-state index is -5.08. The number of alkyl halides is 3. The lowest BCUT2D eigenvalue weighted by atomic mass is 10.2. The highest BCUT2D eigenvalue weighted by atomic mass is 19.4. The molecule has 0 saturated carbocycles. The van der Waals surface area contributed by atoms with Crippen molar-refractivity contribution in [2.24, 2.45) is 4.99 Å². The third kappa shape index (κ3) is 9.04. The Kier molecular flexibility index (Phi) is 11.0. The topological polar surface area (TPSA) is 124 Å². The van der Waals surface area contributed by atoms with E-state index in [4.69, 9.17) is 24.4 Å². The highest BCUT2D eigenvalue weighted by molar-refractivity contribution is 5.95. The maximum Gasteiger partial charge on any atom is 0.490 e. The number of hydrogen-bond acceptors (Lipinski definition) is 6. The molecule has 0 spiro atoms. The van der Waals surface area contributed by atoms with Gasteiger partial charge in [0.2, 0.25) is 0 Å². The summed E-state index contributed by atoms with van der Waals surface area (Å²) in [6.07, 6.45) is -5.08. The number of nitrogens with one attached hydrogen (secondary N) is 1. The van der Waals surface area contributed by atoms with Gasteiger partial charge in [-0.25, -0.2) is 14.6 Å². The van der Waals surface area contributed by atoms with E-state index in [0.29, 0.717) is 6.54 Å². The molecule has 1 fully saturated rings. The largest absolute Gasteiger partial charge is 0.497 e. The number of halogens is 3. The quantitative estimate of drug-likeness (QED) is 0.263. The van der Waals surface area contributed by atoms with Gasteiger partial charge < -0.3 is 34.8 Å². The number of nitrogens with zero attached hydrogens (tertiary/aromatic N) is 3. The lowest BCUT2D eigenvalue weighted by molar-refractivity contribution is -0.192. The molecule has 4 rings (SSSR count). The van der Waals surface area contributed by atoms with Gasteiger partial charge in [-0.1, -0.05) is 24.3 Å². The number of guanidine groups is 1. The third-order valence-corrected chi connectivity index (χ3v) is 6.18. The van der Waals surface area contributed by atoms with Crippen molar-refractivity contribution < 1.29 is 42.4 Å². The number of aliphatic imine (C=N–C) groups is 1. The number of aliphatic carboxylic acids is 1. The molecule has 0 radical (unpaired) electrons. The monoisotopic (exact) mass is 588 g/mol. The summed E-state index contributed by atoms with van der Waals surface area (Å²) < 4.78 is 42.6. The molecule has 0 amide bonds. The average Bonchev–Trinajstić information content (AvgIpc) is 2.99. The zero-order valence-electron chi connectivity index (χ0n) is 23.0. The maximum absolute atomic E-state index is 11.2. The number of ether oxygens (including phenoxy) is 2. The molecule has 3 aromatic rings. The number of methoxy groups -OCH3 is 2. The van der Waals surface area contributed by atoms with Gasteiger partial charge in [-0.15, -0.1) is 0 Å². The van der Waals surface area contributed by atoms with Gasteiger partial charge >= 0.3 is 18.1 Å². The van der Waals surface area contributed by atoms with Crippen LogP contribution in [0, 0.1) is 0 Å². The Morgan fingerprint density at radius 3 is 2.12 bits per heavy atom. The van der Waals surface area contributed by atoms with Gasteiger partial charge in [0.05, 0.1) is 32.0 Å². The van der Waals surface area contributed by atoms with Crippen LogP contribution in [0.3, 0.4) is 0 Å². The lowest BCUT2D eigenvalue weighted by Gasteiger charge is -2.38. The molecule has 0 aliphatic carbocycles. The van der Waals surface area contributed by atoms with Crippen molar-refractivity contribution >= 4 is 29.3 Å². The lowest BCUT2D eigenvalue weighted by Crippen LogP contribution is -2.50. The number of aromatic carboxylic acids is 1. The van der Waals surface area contributed by atoms with Gasteiger partial charge in [-0.2, -0.15) is 13.2 Å². The molecule has 3 N–H and O–H groups in total. The van der Waals surface area contributed by atoms with Gasteiger partial charge in [0, 0.05) is 31.9 Å². The summed E-state index contributed by atoms with van der Waals surface area (Å²) in [5.74, 6) is -1.30. The standard InChI is InChI=1S/C27H30N4O4.C2HF3O2/c1-34-23-7-5-6-20(18-23)19-28-27(29-22-12-10-21(11-13-22)26(32)33)31-16-14-30(15-17-31)24-8-3-4-9-25(24)35-2;3-2(4,5)1(6)7/h3-13,18H,14-17,19H2,1-2H3,(H,28,29)(H,32,33);(H,6,7). The molecule has 1 aliphatic heterocycles. The zero-order valence-corrected chi connectivity index (χ0v) is 23.0. The normalized spacial score (nSPS) is 13.5. The Morgan fingerprint density at radius 2 is 1.55 bits per heavy atom. The second-order valence-electron chi connectivity index (χ2n) is 8.95. The summed E-state index contributed by atoms with van der Waals surface area (Å²) >= 11 is 0. The van der Waals surface area contributed by atoms with E-state index in [2.05, 4.69) is 21.2 Å². The van der Waals surface area contributed by atoms with Crippen LogP contribution in [0.25, 0.3) is 0 Å². The number of anilines is 2. The fraction of sp³-hybridized carbons (Fsp3) is 0.276. The molecule has 42 heavy (non-hydrogen) atoms. The van der Waals surface area contributed by atoms with Crippen LogP contribution < -0.4 is 19.7 Å². The van der Waals surface area contributed by atoms with Crippen molar-refractivity contribution in [3.8, 4) is 11.5 Å². The summed E-state index contributed by atoms with van der Waals surface area (Å²) in [6, 6.07) is 22.6. The average molecular weight is 589 g/mol. The van der Waals surface area contributed by atoms with E-state index in [-0.39, 0.29) is 5.56 Å². The van der Waals surface area contributed by atoms with Crippen molar-refractivity contribution in [3.05, 3.63) is 83.9 Å². The zero-order chi connectivity index (χ0) is 30.7. The Labute approximate surface area is 240 Å². The Bertz CT molecular complexity index is 1370. The Hall–Kier alpha value is -4.94. The maximum atomic E-state index is 11.2. The first kappa shape index (κ1) is 31.6. The number of para-hydroxylation sites is 2. The number of carboxylic acids is 2. The fourth-order valence-electron chi connectivity index (χ4n) is 4.03. The number of rotatable bonds is 7. The van der Waals surface area contributed by atoms with Crippen LogP contribution in [0.2, 0.25) is 0 Å². The first-order valence-electron chi connectivity index (χ1n) is 12.7. The van der Waals surface area contributed by atoms with Crippen molar-refractivity contribution in [1.29, 1.82) is 0 Å². The second-order valence-corrected chi connectivity index (χ2v) is 8.95. The first-order chi connectivity index (χ1) is 20.0. The third-order valence-electron chi connectivity index (χ3n) is 6.18. The molecule has 0 aromatic heterocycles. The van der Waals surface area contributed by atoms with E-state index < -0.39 is 18.1 Å². The van der Waals surface area contributed by atoms with Crippen molar-refractivity contribution in [1.82, 2.24) is 4.90 Å². The summed E-state index contributed by atoms with van der Waals surface area (Å²) in [5.41, 5.74) is 3.15. The van der Waals surface area contributed by atoms with Crippen molar-refractivity contribution in [2.75, 3.05) is 50.6 Å². The molecule has 0 atom stereocenters. The number of hydrogen-bond donors (Lipinski definition) is 3. The number of benzene rings is 3. The van der Waals surface area contributed by atoms with E-state index >= 15 is 0 Å². The molecule has 1 saturated heterocycles. The van der Waals surface area contributed by atoms with Crippen LogP contribution in [0.1, 0.15) is 15.9 Å². The highest BCUT2D eigenvalue weighted by Gasteiger charge is 2.38. The predicted molar refractivity (Wildman–Crippen MR) is 152 cm³/mol. The van der Waals surface area contributed by atoms with E-state index in [1.54, 1.807) is 38.5 Å². The van der Waals surface area contributed by atoms with Crippen molar-refractivity contribution in [3.63, 3.8) is 0 Å². The molecule has 1 heterocycles. The number of piperazine rings is 1. The van der Waals surface area contributed by atoms with Crippen LogP contribution in [0.4, 0.5) is 24.5 Å². The summed E-state index contributed by atoms with van der Waals surface area (Å²) in [4.78, 5) is 29.5. The van der Waals surface area contributed by atoms with Crippen LogP contribution in [0.15, 0.2) is 77.8 Å². The van der Waals surface area contributed by atoms with Crippen molar-refractivity contribution in [2.45, 2.75) is 12.7 Å². The molecular weight excluding hydrogens is 557 g/mol. The van der Waals surface area contributed by atoms with Crippen LogP contribution in [-0.2, 0) is 11.3 Å². The summed E-state index contributed by atoms with van der Waals surface area (Å²) in [6.45, 7) is 3.67. The van der Waals surface area contributed by atoms with Gasteiger partial charge in [0.25, 0.3) is 0 Å². The molecule has 0 unspecified atom stereocenters. The van der Waals surface area contributed by atoms with Crippen LogP contribution >= 0.6 is 0 Å². The summed E-state index contributed by atoms with van der Waals surface area (Å²) in [7, 11) is 3.34. The van der Waals surface area contributed by atoms with Gasteiger partial charge in [-0.3, -0.25) is 0 Å². The molecule has 10 nitrogen and oxygen atoms in total. The Morgan fingerprint density at radius 1 is 0.905 bits per heavy atom.